The van der Waals surface area contributed by atoms with Crippen LogP contribution < -0.4 is 5.73 Å². The number of primary amides is 1. The van der Waals surface area contributed by atoms with Gasteiger partial charge in [0.1, 0.15) is 13.1 Å². The number of hydrogen-bond acceptors (Lipinski definition) is 1. The molecule has 0 atom stereocenters. The van der Waals surface area contributed by atoms with E-state index in [0.717, 1.165) is 25.8 Å². The van der Waals surface area contributed by atoms with Crippen LogP contribution in [0.1, 0.15) is 26.2 Å². The molecule has 0 aliphatic rings. The second-order valence-electron chi connectivity index (χ2n) is 3.86. The van der Waals surface area contributed by atoms with Gasteiger partial charge in [-0.3, -0.25) is 0 Å². The van der Waals surface area contributed by atoms with E-state index in [9.17, 15) is 4.79 Å². The fraction of sp³-hybridized carbons (Fsp3) is 0.583. The largest absolute Gasteiger partial charge is 0.414 e. The molecule has 0 aromatic heterocycles. The molecule has 0 aromatic carbocycles. The lowest BCUT2D eigenvalue weighted by Crippen LogP contribution is -2.56. The predicted octanol–water partition coefficient (Wildman–Crippen LogP) is 2.44. The molecule has 3 nitrogen and oxygen atoms in total. The summed E-state index contributed by atoms with van der Waals surface area (Å²) in [5, 5.41) is 0. The zero-order valence-electron chi connectivity index (χ0n) is 9.74. The van der Waals surface area contributed by atoms with Gasteiger partial charge < -0.3 is 5.73 Å². The zero-order chi connectivity index (χ0) is 11.7. The summed E-state index contributed by atoms with van der Waals surface area (Å²) < 4.78 is 0.257. The maximum absolute atomic E-state index is 11.5. The quantitative estimate of drug-likeness (QED) is 0.374. The highest BCUT2D eigenvalue weighted by molar-refractivity contribution is 5.64. The van der Waals surface area contributed by atoms with Crippen molar-refractivity contribution >= 4 is 6.03 Å². The van der Waals surface area contributed by atoms with E-state index in [4.69, 9.17) is 5.73 Å². The molecular weight excluding hydrogens is 188 g/mol. The van der Waals surface area contributed by atoms with Gasteiger partial charge >= 0.3 is 6.03 Å². The van der Waals surface area contributed by atoms with E-state index in [2.05, 4.69) is 20.1 Å². The lowest BCUT2D eigenvalue weighted by Gasteiger charge is -2.32. The second kappa shape index (κ2) is 7.23. The number of nitrogens with zero attached hydrogens (tertiary/aromatic N) is 1. The van der Waals surface area contributed by atoms with Crippen LogP contribution >= 0.6 is 0 Å². The molecule has 0 saturated carbocycles. The molecule has 0 saturated heterocycles. The number of quaternary nitrogens is 1. The van der Waals surface area contributed by atoms with Crippen LogP contribution in [0.2, 0.25) is 0 Å². The van der Waals surface area contributed by atoms with Crippen molar-refractivity contribution in [2.75, 3.05) is 19.6 Å². The standard InChI is InChI=1S/C12H22N2O/c1-4-7-8-11-14(9-5-2,10-6-3)12(13)15/h5-6H,2-4,7-11H2,1H3,(H-,13,15)/p+1. The summed E-state index contributed by atoms with van der Waals surface area (Å²) >= 11 is 0. The number of unbranched alkanes of at least 4 members (excludes halogenated alkanes) is 2. The van der Waals surface area contributed by atoms with Gasteiger partial charge in [-0.15, -0.1) is 0 Å². The van der Waals surface area contributed by atoms with Crippen molar-refractivity contribution in [3.05, 3.63) is 25.3 Å². The van der Waals surface area contributed by atoms with Crippen molar-refractivity contribution in [3.8, 4) is 0 Å². The first kappa shape index (κ1) is 13.9. The summed E-state index contributed by atoms with van der Waals surface area (Å²) in [6.45, 7) is 11.5. The average Bonchev–Trinajstić information content (AvgIpc) is 2.18. The lowest BCUT2D eigenvalue weighted by molar-refractivity contribution is -0.837. The van der Waals surface area contributed by atoms with Crippen molar-refractivity contribution < 1.29 is 9.28 Å². The van der Waals surface area contributed by atoms with Crippen LogP contribution in [0.15, 0.2) is 25.3 Å². The molecule has 0 heterocycles. The third-order valence-corrected chi connectivity index (χ3v) is 2.61. The van der Waals surface area contributed by atoms with Gasteiger partial charge in [0.05, 0.1) is 6.54 Å². The maximum atomic E-state index is 11.5. The summed E-state index contributed by atoms with van der Waals surface area (Å²) in [6.07, 6.45) is 6.78. The fourth-order valence-corrected chi connectivity index (χ4v) is 1.71. The van der Waals surface area contributed by atoms with Gasteiger partial charge in [0.25, 0.3) is 0 Å². The minimum Gasteiger partial charge on any atom is -0.319 e. The van der Waals surface area contributed by atoms with Crippen LogP contribution in [0.5, 0.6) is 0 Å². The first-order valence-corrected chi connectivity index (χ1v) is 5.51. The molecule has 0 spiro atoms. The molecule has 0 rings (SSSR count). The van der Waals surface area contributed by atoms with Crippen LogP contribution in [0, 0.1) is 0 Å². The molecule has 0 fully saturated rings. The van der Waals surface area contributed by atoms with Gasteiger partial charge in [-0.05, 0) is 25.0 Å². The first-order valence-electron chi connectivity index (χ1n) is 5.51. The Labute approximate surface area is 92.8 Å². The molecule has 2 amide bonds. The Morgan fingerprint density at radius 2 is 1.80 bits per heavy atom. The van der Waals surface area contributed by atoms with E-state index in [0.29, 0.717) is 13.1 Å². The van der Waals surface area contributed by atoms with E-state index >= 15 is 0 Å². The second-order valence-corrected chi connectivity index (χ2v) is 3.86. The Balaban J connectivity index is 4.53. The van der Waals surface area contributed by atoms with Crippen molar-refractivity contribution in [2.45, 2.75) is 26.2 Å². The Morgan fingerprint density at radius 3 is 2.13 bits per heavy atom. The SMILES string of the molecule is C=CC[N+](CC=C)(CCCCC)C(N)=O. The number of carbonyl (C=O) groups excluding carboxylic acids is 1. The number of hydrogen-bond donors (Lipinski definition) is 1. The van der Waals surface area contributed by atoms with Gasteiger partial charge in [0.2, 0.25) is 0 Å². The van der Waals surface area contributed by atoms with Gasteiger partial charge in [-0.2, -0.15) is 0 Å². The van der Waals surface area contributed by atoms with Gasteiger partial charge in [0, 0.05) is 0 Å². The van der Waals surface area contributed by atoms with Crippen molar-refractivity contribution in [1.82, 2.24) is 0 Å². The molecular formula is C12H23N2O+. The lowest BCUT2D eigenvalue weighted by atomic mass is 10.2. The number of rotatable bonds is 8. The zero-order valence-corrected chi connectivity index (χ0v) is 9.74. The van der Waals surface area contributed by atoms with Gasteiger partial charge in [-0.25, -0.2) is 9.28 Å². The average molecular weight is 211 g/mol. The molecule has 3 heteroatoms. The van der Waals surface area contributed by atoms with Crippen LogP contribution in [0.3, 0.4) is 0 Å². The molecule has 0 unspecified atom stereocenters. The molecule has 86 valence electrons. The molecule has 15 heavy (non-hydrogen) atoms. The van der Waals surface area contributed by atoms with Crippen LogP contribution in [0.25, 0.3) is 0 Å². The molecule has 0 aliphatic carbocycles. The highest BCUT2D eigenvalue weighted by Crippen LogP contribution is 2.11. The highest BCUT2D eigenvalue weighted by Gasteiger charge is 2.31. The molecule has 0 aromatic rings. The van der Waals surface area contributed by atoms with Crippen molar-refractivity contribution in [1.29, 1.82) is 0 Å². The normalized spacial score (nSPS) is 11.0. The number of amides is 2. The summed E-state index contributed by atoms with van der Waals surface area (Å²) in [5.74, 6) is 0. The maximum Gasteiger partial charge on any atom is 0.414 e. The first-order chi connectivity index (χ1) is 7.13. The third-order valence-electron chi connectivity index (χ3n) is 2.61. The van der Waals surface area contributed by atoms with Crippen molar-refractivity contribution in [2.24, 2.45) is 5.73 Å². The van der Waals surface area contributed by atoms with E-state index < -0.39 is 0 Å². The van der Waals surface area contributed by atoms with Gasteiger partial charge in [0.15, 0.2) is 0 Å². The summed E-state index contributed by atoms with van der Waals surface area (Å²) in [6, 6.07) is -0.286. The predicted molar refractivity (Wildman–Crippen MR) is 64.4 cm³/mol. The monoisotopic (exact) mass is 211 g/mol. The summed E-state index contributed by atoms with van der Waals surface area (Å²) in [4.78, 5) is 11.5. The summed E-state index contributed by atoms with van der Waals surface area (Å²) in [5.41, 5.74) is 5.46. The van der Waals surface area contributed by atoms with E-state index in [1.807, 2.05) is 0 Å². The third kappa shape index (κ3) is 4.30. The molecule has 0 aliphatic heterocycles. The van der Waals surface area contributed by atoms with Crippen LogP contribution in [-0.4, -0.2) is 30.1 Å². The number of carbonyl (C=O) groups is 1. The van der Waals surface area contributed by atoms with Crippen LogP contribution in [-0.2, 0) is 0 Å². The Hall–Kier alpha value is -1.09. The Kier molecular flexibility index (Phi) is 6.71. The minimum absolute atomic E-state index is 0.257. The topological polar surface area (TPSA) is 43.1 Å². The summed E-state index contributed by atoms with van der Waals surface area (Å²) in [7, 11) is 0. The smallest absolute Gasteiger partial charge is 0.319 e. The molecule has 0 radical (unpaired) electrons. The highest BCUT2D eigenvalue weighted by atomic mass is 16.2. The Morgan fingerprint density at radius 1 is 1.27 bits per heavy atom. The number of nitrogens with two attached hydrogens (primary N) is 1. The van der Waals surface area contributed by atoms with E-state index in [1.54, 1.807) is 12.2 Å². The number of urea groups is 1. The Bertz CT molecular complexity index is 214. The van der Waals surface area contributed by atoms with E-state index in [-0.39, 0.29) is 10.5 Å². The minimum atomic E-state index is -0.286. The fourth-order valence-electron chi connectivity index (χ4n) is 1.71. The van der Waals surface area contributed by atoms with Crippen LogP contribution in [0.4, 0.5) is 4.79 Å². The van der Waals surface area contributed by atoms with Crippen molar-refractivity contribution in [3.63, 3.8) is 0 Å². The molecule has 0 bridgehead atoms. The van der Waals surface area contributed by atoms with E-state index in [1.165, 1.54) is 0 Å². The van der Waals surface area contributed by atoms with Gasteiger partial charge in [-0.1, -0.05) is 26.5 Å². The molecule has 2 N–H and O–H groups in total.